The Morgan fingerprint density at radius 3 is 2.31 bits per heavy atom. The molecule has 1 aromatic rings. The summed E-state index contributed by atoms with van der Waals surface area (Å²) < 4.78 is 5.20. The van der Waals surface area contributed by atoms with E-state index < -0.39 is 5.41 Å². The molecule has 2 amide bonds. The number of ether oxygens (including phenoxy) is 1. The maximum absolute atomic E-state index is 12.9. The highest BCUT2D eigenvalue weighted by Crippen LogP contribution is 2.47. The SMILES string of the molecule is CCCCNC(=O)C1(C(=O)N2CCN(c3ccc(OC)cc3)CC2)CC1. The molecule has 1 aliphatic heterocycles. The van der Waals surface area contributed by atoms with Crippen LogP contribution in [0.25, 0.3) is 0 Å². The third kappa shape index (κ3) is 3.79. The third-order valence-corrected chi connectivity index (χ3v) is 5.41. The van der Waals surface area contributed by atoms with E-state index in [4.69, 9.17) is 4.74 Å². The maximum atomic E-state index is 12.9. The van der Waals surface area contributed by atoms with Crippen LogP contribution in [-0.4, -0.2) is 56.5 Å². The van der Waals surface area contributed by atoms with E-state index in [1.165, 1.54) is 0 Å². The Morgan fingerprint density at radius 1 is 1.12 bits per heavy atom. The van der Waals surface area contributed by atoms with Crippen LogP contribution in [0.3, 0.4) is 0 Å². The number of nitrogens with one attached hydrogen (secondary N) is 1. The number of amides is 2. The van der Waals surface area contributed by atoms with Gasteiger partial charge in [-0.15, -0.1) is 0 Å². The molecule has 0 atom stereocenters. The number of methoxy groups -OCH3 is 1. The molecule has 0 bridgehead atoms. The van der Waals surface area contributed by atoms with Gasteiger partial charge in [-0.25, -0.2) is 0 Å². The summed E-state index contributed by atoms with van der Waals surface area (Å²) >= 11 is 0. The number of anilines is 1. The fraction of sp³-hybridized carbons (Fsp3) is 0.600. The molecule has 0 aromatic heterocycles. The molecule has 1 heterocycles. The predicted molar refractivity (Wildman–Crippen MR) is 101 cm³/mol. The minimum atomic E-state index is -0.782. The number of piperazine rings is 1. The molecule has 1 aliphatic carbocycles. The van der Waals surface area contributed by atoms with Gasteiger partial charge in [0, 0.05) is 38.4 Å². The lowest BCUT2D eigenvalue weighted by atomic mass is 10.0. The van der Waals surface area contributed by atoms with Gasteiger partial charge in [0.2, 0.25) is 11.8 Å². The van der Waals surface area contributed by atoms with Crippen molar-refractivity contribution in [3.05, 3.63) is 24.3 Å². The number of nitrogens with zero attached hydrogens (tertiary/aromatic N) is 2. The summed E-state index contributed by atoms with van der Waals surface area (Å²) in [6, 6.07) is 7.99. The van der Waals surface area contributed by atoms with E-state index in [9.17, 15) is 9.59 Å². The molecule has 26 heavy (non-hydrogen) atoms. The fourth-order valence-corrected chi connectivity index (χ4v) is 3.47. The summed E-state index contributed by atoms with van der Waals surface area (Å²) in [7, 11) is 1.66. The number of hydrogen-bond acceptors (Lipinski definition) is 4. The summed E-state index contributed by atoms with van der Waals surface area (Å²) in [6.45, 7) is 5.64. The number of benzene rings is 1. The molecule has 6 nitrogen and oxygen atoms in total. The Balaban J connectivity index is 1.54. The van der Waals surface area contributed by atoms with Gasteiger partial charge in [-0.05, 0) is 43.5 Å². The largest absolute Gasteiger partial charge is 0.497 e. The van der Waals surface area contributed by atoms with Crippen molar-refractivity contribution in [1.82, 2.24) is 10.2 Å². The third-order valence-electron chi connectivity index (χ3n) is 5.41. The van der Waals surface area contributed by atoms with Gasteiger partial charge in [-0.1, -0.05) is 13.3 Å². The van der Waals surface area contributed by atoms with Gasteiger partial charge in [0.1, 0.15) is 11.2 Å². The smallest absolute Gasteiger partial charge is 0.238 e. The molecule has 0 radical (unpaired) electrons. The van der Waals surface area contributed by atoms with Crippen molar-refractivity contribution in [3.8, 4) is 5.75 Å². The Labute approximate surface area is 155 Å². The number of carbonyl (C=O) groups is 2. The monoisotopic (exact) mass is 359 g/mol. The van der Waals surface area contributed by atoms with E-state index in [-0.39, 0.29) is 11.8 Å². The summed E-state index contributed by atoms with van der Waals surface area (Å²) in [5.41, 5.74) is 0.354. The zero-order valence-electron chi connectivity index (χ0n) is 15.8. The molecule has 1 saturated carbocycles. The number of carbonyl (C=O) groups excluding carboxylic acids is 2. The highest BCUT2D eigenvalue weighted by Gasteiger charge is 2.57. The van der Waals surface area contributed by atoms with Gasteiger partial charge in [-0.3, -0.25) is 9.59 Å². The lowest BCUT2D eigenvalue weighted by Crippen LogP contribution is -2.53. The number of rotatable bonds is 7. The number of hydrogen-bond donors (Lipinski definition) is 1. The second kappa shape index (κ2) is 7.98. The van der Waals surface area contributed by atoms with Crippen molar-refractivity contribution in [2.75, 3.05) is 44.7 Å². The summed E-state index contributed by atoms with van der Waals surface area (Å²) in [6.07, 6.45) is 3.36. The van der Waals surface area contributed by atoms with Crippen LogP contribution in [0.1, 0.15) is 32.6 Å². The fourth-order valence-electron chi connectivity index (χ4n) is 3.47. The van der Waals surface area contributed by atoms with E-state index in [0.717, 1.165) is 37.4 Å². The Bertz CT molecular complexity index is 632. The molecule has 1 saturated heterocycles. The first-order valence-corrected chi connectivity index (χ1v) is 9.57. The molecule has 0 unspecified atom stereocenters. The van der Waals surface area contributed by atoms with Crippen molar-refractivity contribution < 1.29 is 14.3 Å². The zero-order chi connectivity index (χ0) is 18.6. The van der Waals surface area contributed by atoms with E-state index >= 15 is 0 Å². The molecule has 0 spiro atoms. The van der Waals surface area contributed by atoms with Crippen molar-refractivity contribution >= 4 is 17.5 Å². The minimum Gasteiger partial charge on any atom is -0.497 e. The van der Waals surface area contributed by atoms with Crippen LogP contribution in [0.15, 0.2) is 24.3 Å². The van der Waals surface area contributed by atoms with Crippen molar-refractivity contribution in [2.24, 2.45) is 5.41 Å². The van der Waals surface area contributed by atoms with Crippen molar-refractivity contribution in [1.29, 1.82) is 0 Å². The average Bonchev–Trinajstić information content (AvgIpc) is 3.50. The average molecular weight is 359 g/mol. The van der Waals surface area contributed by atoms with E-state index in [2.05, 4.69) is 17.1 Å². The van der Waals surface area contributed by atoms with Crippen molar-refractivity contribution in [2.45, 2.75) is 32.6 Å². The van der Waals surface area contributed by atoms with Gasteiger partial charge in [0.15, 0.2) is 0 Å². The topological polar surface area (TPSA) is 61.9 Å². The lowest BCUT2D eigenvalue weighted by Gasteiger charge is -2.37. The maximum Gasteiger partial charge on any atom is 0.238 e. The molecule has 2 aliphatic rings. The molecule has 142 valence electrons. The van der Waals surface area contributed by atoms with Crippen LogP contribution >= 0.6 is 0 Å². The van der Waals surface area contributed by atoms with Crippen LogP contribution in [0.4, 0.5) is 5.69 Å². The molecule has 1 N–H and O–H groups in total. The quantitative estimate of drug-likeness (QED) is 0.598. The summed E-state index contributed by atoms with van der Waals surface area (Å²) in [4.78, 5) is 29.5. The highest BCUT2D eigenvalue weighted by molar-refractivity contribution is 6.07. The Hall–Kier alpha value is -2.24. The highest BCUT2D eigenvalue weighted by atomic mass is 16.5. The predicted octanol–water partition coefficient (Wildman–Crippen LogP) is 2.04. The molecular formula is C20H29N3O3. The van der Waals surface area contributed by atoms with Crippen molar-refractivity contribution in [3.63, 3.8) is 0 Å². The summed E-state index contributed by atoms with van der Waals surface area (Å²) in [5.74, 6) is 0.779. The van der Waals surface area contributed by atoms with Gasteiger partial charge in [0.05, 0.1) is 7.11 Å². The molecular weight excluding hydrogens is 330 g/mol. The van der Waals surface area contributed by atoms with Crippen LogP contribution < -0.4 is 15.0 Å². The van der Waals surface area contributed by atoms with E-state index in [0.29, 0.717) is 32.5 Å². The normalized spacial score (nSPS) is 18.4. The zero-order valence-corrected chi connectivity index (χ0v) is 15.8. The Kier molecular flexibility index (Phi) is 5.69. The van der Waals surface area contributed by atoms with Crippen LogP contribution in [0.2, 0.25) is 0 Å². The molecule has 6 heteroatoms. The molecule has 2 fully saturated rings. The first-order valence-electron chi connectivity index (χ1n) is 9.57. The number of unbranched alkanes of at least 4 members (excludes halogenated alkanes) is 1. The first kappa shape index (κ1) is 18.5. The van der Waals surface area contributed by atoms with E-state index in [1.807, 2.05) is 29.2 Å². The van der Waals surface area contributed by atoms with Crippen LogP contribution in [-0.2, 0) is 9.59 Å². The standard InChI is InChI=1S/C20H29N3O3/c1-3-4-11-21-18(24)20(9-10-20)19(25)23-14-12-22(13-15-23)16-5-7-17(26-2)8-6-16/h5-8H,3-4,9-15H2,1-2H3,(H,21,24). The Morgan fingerprint density at radius 2 is 1.77 bits per heavy atom. The van der Waals surface area contributed by atoms with Gasteiger partial charge >= 0.3 is 0 Å². The summed E-state index contributed by atoms with van der Waals surface area (Å²) in [5, 5.41) is 2.94. The van der Waals surface area contributed by atoms with Gasteiger partial charge < -0.3 is 19.9 Å². The minimum absolute atomic E-state index is 0.0147. The molecule has 1 aromatic carbocycles. The van der Waals surface area contributed by atoms with E-state index in [1.54, 1.807) is 7.11 Å². The lowest BCUT2D eigenvalue weighted by molar-refractivity contribution is -0.144. The van der Waals surface area contributed by atoms with Gasteiger partial charge in [0.25, 0.3) is 0 Å². The second-order valence-electron chi connectivity index (χ2n) is 7.17. The van der Waals surface area contributed by atoms with Gasteiger partial charge in [-0.2, -0.15) is 0 Å². The van der Waals surface area contributed by atoms with Crippen LogP contribution in [0.5, 0.6) is 5.75 Å². The van der Waals surface area contributed by atoms with Crippen LogP contribution in [0, 0.1) is 5.41 Å². The second-order valence-corrected chi connectivity index (χ2v) is 7.17. The molecule has 3 rings (SSSR count). The first-order chi connectivity index (χ1) is 12.6.